The second kappa shape index (κ2) is 5.17. The van der Waals surface area contributed by atoms with Gasteiger partial charge in [0.15, 0.2) is 0 Å². The van der Waals surface area contributed by atoms with Gasteiger partial charge in [0.25, 0.3) is 5.91 Å². The molecule has 4 rings (SSSR count). The van der Waals surface area contributed by atoms with Crippen molar-refractivity contribution in [1.82, 2.24) is 18.9 Å². The predicted molar refractivity (Wildman–Crippen MR) is 84.4 cm³/mol. The Balaban J connectivity index is 1.93. The molecule has 0 spiro atoms. The number of carbonyl (C=O) groups excluding carboxylic acids is 1. The van der Waals surface area contributed by atoms with Crippen LogP contribution < -0.4 is 0 Å². The summed E-state index contributed by atoms with van der Waals surface area (Å²) in [5, 5.41) is 0. The van der Waals surface area contributed by atoms with Crippen LogP contribution in [0.2, 0.25) is 0 Å². The van der Waals surface area contributed by atoms with Gasteiger partial charge >= 0.3 is 6.18 Å². The van der Waals surface area contributed by atoms with Crippen LogP contribution in [0.1, 0.15) is 21.7 Å². The molecule has 0 amide bonds. The van der Waals surface area contributed by atoms with E-state index in [1.165, 1.54) is 21.4 Å². The number of carbonyl (C=O) groups is 1. The minimum absolute atomic E-state index is 0.0734. The van der Waals surface area contributed by atoms with E-state index in [2.05, 4.69) is 9.97 Å². The normalized spacial score (nSPS) is 12.2. The van der Waals surface area contributed by atoms with Crippen molar-refractivity contribution in [3.63, 3.8) is 0 Å². The average Bonchev–Trinajstić information content (AvgIpc) is 3.13. The first-order valence-corrected chi connectivity index (χ1v) is 7.39. The van der Waals surface area contributed by atoms with Crippen molar-refractivity contribution in [3.8, 4) is 0 Å². The number of rotatable bonds is 1. The van der Waals surface area contributed by atoms with E-state index in [0.29, 0.717) is 16.7 Å². The topological polar surface area (TPSA) is 52.2 Å². The standard InChI is InChI=1S/C17H11F3N4O/c1-10-15(16(25)24-9-21-12-4-2-3-5-13(12)24)23-8-11(17(18,19)20)6-7-14(23)22-10/h2-9H,1H3. The first-order valence-electron chi connectivity index (χ1n) is 7.39. The van der Waals surface area contributed by atoms with Gasteiger partial charge in [-0.25, -0.2) is 9.97 Å². The SMILES string of the molecule is Cc1nc2ccc(C(F)(F)F)cn2c1C(=O)n1cnc2ccccc21. The zero-order valence-corrected chi connectivity index (χ0v) is 12.9. The molecule has 5 nitrogen and oxygen atoms in total. The van der Waals surface area contributed by atoms with Gasteiger partial charge < -0.3 is 0 Å². The van der Waals surface area contributed by atoms with Crippen molar-refractivity contribution in [2.24, 2.45) is 0 Å². The number of imidazole rings is 2. The molecule has 0 aliphatic heterocycles. The Labute approximate surface area is 139 Å². The maximum absolute atomic E-state index is 13.0. The predicted octanol–water partition coefficient (Wildman–Crippen LogP) is 3.70. The number of hydrogen-bond acceptors (Lipinski definition) is 3. The lowest BCUT2D eigenvalue weighted by Crippen LogP contribution is -2.15. The van der Waals surface area contributed by atoms with E-state index in [1.807, 2.05) is 0 Å². The molecule has 0 fully saturated rings. The lowest BCUT2D eigenvalue weighted by atomic mass is 10.2. The number of para-hydroxylation sites is 2. The Morgan fingerprint density at radius 3 is 2.64 bits per heavy atom. The quantitative estimate of drug-likeness (QED) is 0.529. The van der Waals surface area contributed by atoms with Crippen LogP contribution in [-0.2, 0) is 6.18 Å². The highest BCUT2D eigenvalue weighted by molar-refractivity contribution is 6.01. The number of hydrogen-bond donors (Lipinski definition) is 0. The molecule has 8 heteroatoms. The van der Waals surface area contributed by atoms with Gasteiger partial charge in [-0.3, -0.25) is 13.8 Å². The van der Waals surface area contributed by atoms with Gasteiger partial charge in [-0.05, 0) is 31.2 Å². The fourth-order valence-corrected chi connectivity index (χ4v) is 2.82. The van der Waals surface area contributed by atoms with Crippen molar-refractivity contribution in [1.29, 1.82) is 0 Å². The molecule has 0 saturated heterocycles. The molecule has 4 aromatic rings. The van der Waals surface area contributed by atoms with E-state index in [-0.39, 0.29) is 11.3 Å². The Morgan fingerprint density at radius 1 is 1.12 bits per heavy atom. The van der Waals surface area contributed by atoms with E-state index >= 15 is 0 Å². The van der Waals surface area contributed by atoms with Gasteiger partial charge in [-0.15, -0.1) is 0 Å². The monoisotopic (exact) mass is 344 g/mol. The molecule has 0 radical (unpaired) electrons. The molecule has 25 heavy (non-hydrogen) atoms. The van der Waals surface area contributed by atoms with Gasteiger partial charge in [0.1, 0.15) is 17.7 Å². The Bertz CT molecular complexity index is 1120. The van der Waals surface area contributed by atoms with Crippen LogP contribution in [-0.4, -0.2) is 24.8 Å². The van der Waals surface area contributed by atoms with Gasteiger partial charge in [-0.1, -0.05) is 12.1 Å². The maximum atomic E-state index is 13.0. The second-order valence-corrected chi connectivity index (χ2v) is 5.60. The van der Waals surface area contributed by atoms with E-state index < -0.39 is 17.6 Å². The molecule has 0 N–H and O–H groups in total. The number of aryl methyl sites for hydroxylation is 1. The number of aromatic nitrogens is 4. The fraction of sp³-hybridized carbons (Fsp3) is 0.118. The minimum Gasteiger partial charge on any atom is -0.295 e. The van der Waals surface area contributed by atoms with Crippen LogP contribution in [0, 0.1) is 6.92 Å². The summed E-state index contributed by atoms with van der Waals surface area (Å²) in [4.78, 5) is 21.3. The number of nitrogens with zero attached hydrogens (tertiary/aromatic N) is 4. The Hall–Kier alpha value is -3.16. The number of pyridine rings is 1. The first-order chi connectivity index (χ1) is 11.9. The minimum atomic E-state index is -4.51. The third-order valence-corrected chi connectivity index (χ3v) is 4.00. The highest BCUT2D eigenvalue weighted by atomic mass is 19.4. The van der Waals surface area contributed by atoms with E-state index in [1.54, 1.807) is 31.2 Å². The third kappa shape index (κ3) is 2.37. The van der Waals surface area contributed by atoms with Crippen molar-refractivity contribution in [2.75, 3.05) is 0 Å². The number of alkyl halides is 3. The van der Waals surface area contributed by atoms with E-state index in [9.17, 15) is 18.0 Å². The first kappa shape index (κ1) is 15.4. The molecule has 1 aromatic carbocycles. The summed E-state index contributed by atoms with van der Waals surface area (Å²) in [7, 11) is 0. The fourth-order valence-electron chi connectivity index (χ4n) is 2.82. The third-order valence-electron chi connectivity index (χ3n) is 4.00. The zero-order chi connectivity index (χ0) is 17.8. The molecule has 3 aromatic heterocycles. The molecule has 126 valence electrons. The molecule has 0 bridgehead atoms. The average molecular weight is 344 g/mol. The van der Waals surface area contributed by atoms with E-state index in [4.69, 9.17) is 0 Å². The highest BCUT2D eigenvalue weighted by Crippen LogP contribution is 2.30. The lowest BCUT2D eigenvalue weighted by molar-refractivity contribution is -0.137. The molecule has 0 saturated carbocycles. The van der Waals surface area contributed by atoms with Crippen LogP contribution in [0.15, 0.2) is 48.9 Å². The summed E-state index contributed by atoms with van der Waals surface area (Å²) in [6.45, 7) is 1.59. The van der Waals surface area contributed by atoms with Gasteiger partial charge in [-0.2, -0.15) is 13.2 Å². The van der Waals surface area contributed by atoms with Crippen molar-refractivity contribution >= 4 is 22.6 Å². The number of benzene rings is 1. The Morgan fingerprint density at radius 2 is 1.88 bits per heavy atom. The van der Waals surface area contributed by atoms with Crippen molar-refractivity contribution in [2.45, 2.75) is 13.1 Å². The van der Waals surface area contributed by atoms with Crippen LogP contribution in [0.5, 0.6) is 0 Å². The Kier molecular flexibility index (Phi) is 3.18. The largest absolute Gasteiger partial charge is 0.417 e. The summed E-state index contributed by atoms with van der Waals surface area (Å²) in [5.41, 5.74) is 1.05. The number of fused-ring (bicyclic) bond motifs is 2. The summed E-state index contributed by atoms with van der Waals surface area (Å²) >= 11 is 0. The summed E-state index contributed by atoms with van der Waals surface area (Å²) < 4.78 is 41.5. The van der Waals surface area contributed by atoms with Crippen LogP contribution in [0.4, 0.5) is 13.2 Å². The van der Waals surface area contributed by atoms with Gasteiger partial charge in [0.2, 0.25) is 0 Å². The smallest absolute Gasteiger partial charge is 0.295 e. The van der Waals surface area contributed by atoms with E-state index in [0.717, 1.165) is 12.3 Å². The second-order valence-electron chi connectivity index (χ2n) is 5.60. The summed E-state index contributed by atoms with van der Waals surface area (Å²) in [6.07, 6.45) is -2.25. The summed E-state index contributed by atoms with van der Waals surface area (Å²) in [5.74, 6) is -0.488. The van der Waals surface area contributed by atoms with Crippen LogP contribution >= 0.6 is 0 Å². The molecular weight excluding hydrogens is 333 g/mol. The molecule has 0 atom stereocenters. The summed E-state index contributed by atoms with van der Waals surface area (Å²) in [6, 6.07) is 9.22. The molecule has 3 heterocycles. The lowest BCUT2D eigenvalue weighted by Gasteiger charge is -2.09. The number of halogens is 3. The van der Waals surface area contributed by atoms with Crippen LogP contribution in [0.25, 0.3) is 16.7 Å². The molecule has 0 unspecified atom stereocenters. The highest BCUT2D eigenvalue weighted by Gasteiger charge is 2.32. The molecule has 0 aliphatic carbocycles. The van der Waals surface area contributed by atoms with Crippen LogP contribution in [0.3, 0.4) is 0 Å². The molecule has 0 aliphatic rings. The van der Waals surface area contributed by atoms with Gasteiger partial charge in [0, 0.05) is 6.20 Å². The molecular formula is C17H11F3N4O. The van der Waals surface area contributed by atoms with Crippen molar-refractivity contribution in [3.05, 3.63) is 65.9 Å². The maximum Gasteiger partial charge on any atom is 0.417 e. The van der Waals surface area contributed by atoms with Gasteiger partial charge in [0.05, 0.1) is 22.3 Å². The zero-order valence-electron chi connectivity index (χ0n) is 12.9. The van der Waals surface area contributed by atoms with Crippen molar-refractivity contribution < 1.29 is 18.0 Å².